The van der Waals surface area contributed by atoms with Gasteiger partial charge in [0.2, 0.25) is 0 Å². The number of hydrogen-bond acceptors (Lipinski definition) is 0. The van der Waals surface area contributed by atoms with Crippen LogP contribution < -0.4 is 0 Å². The third-order valence-corrected chi connectivity index (χ3v) is 5.23. The van der Waals surface area contributed by atoms with Gasteiger partial charge >= 0.3 is 29.3 Å². The number of hydrogen-bond donors (Lipinski definition) is 0. The summed E-state index contributed by atoms with van der Waals surface area (Å²) >= 11 is 13.5. The predicted molar refractivity (Wildman–Crippen MR) is 53.7 cm³/mol. The minimum Gasteiger partial charge on any atom is -0.241 e. The lowest BCUT2D eigenvalue weighted by atomic mass is 10.0. The van der Waals surface area contributed by atoms with Crippen molar-refractivity contribution in [3.05, 3.63) is 0 Å². The molecule has 0 saturated carbocycles. The van der Waals surface area contributed by atoms with E-state index >= 15 is 0 Å². The van der Waals surface area contributed by atoms with E-state index in [2.05, 4.69) is 33.2 Å². The first-order valence-electron chi connectivity index (χ1n) is 4.16. The summed E-state index contributed by atoms with van der Waals surface area (Å²) in [5.74, 6) is -19.6. The number of alkyl halides is 9. The van der Waals surface area contributed by atoms with Crippen LogP contribution in [0.3, 0.4) is 0 Å². The van der Waals surface area contributed by atoms with Crippen molar-refractivity contribution in [1.82, 2.24) is 0 Å². The van der Waals surface area contributed by atoms with E-state index in [-0.39, 0.29) is 6.92 Å². The molecule has 0 radical (unpaired) electrons. The zero-order chi connectivity index (χ0) is 16.1. The second-order valence-corrected chi connectivity index (χ2v) is 11.9. The molecule has 0 saturated heterocycles. The van der Waals surface area contributed by atoms with Gasteiger partial charge in [-0.2, -0.15) is 35.1 Å². The minimum absolute atomic E-state index is 0.200. The fraction of sp³-hybridized carbons (Fsp3) is 1.00. The van der Waals surface area contributed by atoms with Crippen LogP contribution in [0.1, 0.15) is 6.92 Å². The van der Waals surface area contributed by atoms with E-state index in [4.69, 9.17) is 0 Å². The lowest BCUT2D eigenvalue weighted by Crippen LogP contribution is -2.68. The van der Waals surface area contributed by atoms with Crippen LogP contribution in [0.4, 0.5) is 39.5 Å². The van der Waals surface area contributed by atoms with Crippen LogP contribution in [0.25, 0.3) is 0 Å². The third-order valence-electron chi connectivity index (χ3n) is 2.06. The Kier molecular flexibility index (Phi) is 5.15. The zero-order valence-electron chi connectivity index (χ0n) is 8.61. The standard InChI is InChI=1S/C6H4Cl3F9Si/c1-2(10)3(11,12)4(13,14)5(15,16)6(17,18)19(7,8)9/h2H,1H3. The molecule has 1 unspecified atom stereocenters. The third kappa shape index (κ3) is 2.77. The van der Waals surface area contributed by atoms with Crippen LogP contribution in [-0.4, -0.2) is 35.5 Å². The van der Waals surface area contributed by atoms with Gasteiger partial charge in [0.1, 0.15) is 0 Å². The van der Waals surface area contributed by atoms with E-state index in [1.165, 1.54) is 0 Å². The molecule has 0 aromatic carbocycles. The highest BCUT2D eigenvalue weighted by molar-refractivity contribution is 7.65. The first kappa shape index (κ1) is 19.5. The summed E-state index contributed by atoms with van der Waals surface area (Å²) in [7, 11) is 0. The van der Waals surface area contributed by atoms with Gasteiger partial charge in [-0.05, 0) is 6.92 Å². The maximum atomic E-state index is 13.0. The van der Waals surface area contributed by atoms with Gasteiger partial charge in [0.25, 0.3) is 0 Å². The molecular weight excluding hydrogens is 377 g/mol. The van der Waals surface area contributed by atoms with Gasteiger partial charge in [-0.1, -0.05) is 0 Å². The van der Waals surface area contributed by atoms with Crippen molar-refractivity contribution < 1.29 is 39.5 Å². The molecule has 0 N–H and O–H groups in total. The van der Waals surface area contributed by atoms with Crippen LogP contribution >= 0.6 is 33.2 Å². The van der Waals surface area contributed by atoms with Gasteiger partial charge in [0, 0.05) is 0 Å². The maximum absolute atomic E-state index is 13.0. The molecule has 0 aromatic heterocycles. The summed E-state index contributed by atoms with van der Waals surface area (Å²) in [6.45, 7) is -0.200. The Morgan fingerprint density at radius 1 is 0.789 bits per heavy atom. The van der Waals surface area contributed by atoms with Crippen LogP contribution in [0.5, 0.6) is 0 Å². The van der Waals surface area contributed by atoms with Crippen molar-refractivity contribution in [3.63, 3.8) is 0 Å². The molecule has 1 atom stereocenters. The first-order valence-corrected chi connectivity index (χ1v) is 9.20. The van der Waals surface area contributed by atoms with Gasteiger partial charge in [-0.3, -0.25) is 0 Å². The minimum atomic E-state index is -6.76. The molecule has 0 aromatic rings. The van der Waals surface area contributed by atoms with Crippen LogP contribution in [0.15, 0.2) is 0 Å². The molecule has 19 heavy (non-hydrogen) atoms. The molecule has 0 rings (SSSR count). The quantitative estimate of drug-likeness (QED) is 0.354. The smallest absolute Gasteiger partial charge is 0.241 e. The summed E-state index contributed by atoms with van der Waals surface area (Å²) in [6.07, 6.45) is -3.83. The highest BCUT2D eigenvalue weighted by Gasteiger charge is 2.86. The molecule has 0 aliphatic heterocycles. The molecule has 13 heteroatoms. The zero-order valence-corrected chi connectivity index (χ0v) is 11.9. The molecule has 0 aliphatic rings. The number of rotatable bonds is 5. The Labute approximate surface area is 115 Å². The van der Waals surface area contributed by atoms with Gasteiger partial charge in [-0.25, -0.2) is 4.39 Å². The molecule has 0 aliphatic carbocycles. The largest absolute Gasteiger partial charge is 0.424 e. The van der Waals surface area contributed by atoms with E-state index in [0.717, 1.165) is 0 Å². The van der Waals surface area contributed by atoms with E-state index in [0.29, 0.717) is 0 Å². The fourth-order valence-electron chi connectivity index (χ4n) is 0.834. The van der Waals surface area contributed by atoms with E-state index in [1.54, 1.807) is 0 Å². The molecule has 0 spiro atoms. The molecule has 0 heterocycles. The highest BCUT2D eigenvalue weighted by Crippen LogP contribution is 2.58. The maximum Gasteiger partial charge on any atom is 0.424 e. The molecular formula is C6H4Cl3F9Si. The SMILES string of the molecule is CC(F)C(F)(F)C(F)(F)C(F)(F)C(F)(F)[Si](Cl)(Cl)Cl. The Balaban J connectivity index is 5.92. The average Bonchev–Trinajstić information content (AvgIpc) is 2.14. The molecule has 0 bridgehead atoms. The molecule has 0 fully saturated rings. The van der Waals surface area contributed by atoms with E-state index in [9.17, 15) is 39.5 Å². The van der Waals surface area contributed by atoms with Crippen molar-refractivity contribution >= 4 is 39.2 Å². The van der Waals surface area contributed by atoms with Gasteiger partial charge < -0.3 is 0 Å². The second kappa shape index (κ2) is 5.02. The Morgan fingerprint density at radius 3 is 1.32 bits per heavy atom. The van der Waals surface area contributed by atoms with Gasteiger partial charge in [0.05, 0.1) is 0 Å². The topological polar surface area (TPSA) is 0 Å². The van der Waals surface area contributed by atoms with Crippen LogP contribution in [0, 0.1) is 0 Å². The predicted octanol–water partition coefficient (Wildman–Crippen LogP) is 5.08. The highest BCUT2D eigenvalue weighted by atomic mass is 35.8. The summed E-state index contributed by atoms with van der Waals surface area (Å²) in [4.78, 5) is 0. The van der Waals surface area contributed by atoms with Gasteiger partial charge in [-0.15, -0.1) is 33.2 Å². The second-order valence-electron chi connectivity index (χ2n) is 3.46. The normalized spacial score (nSPS) is 17.5. The summed E-state index contributed by atoms with van der Waals surface area (Å²) in [5.41, 5.74) is -6.04. The van der Waals surface area contributed by atoms with Crippen molar-refractivity contribution in [1.29, 1.82) is 0 Å². The lowest BCUT2D eigenvalue weighted by Gasteiger charge is -2.38. The van der Waals surface area contributed by atoms with Crippen molar-refractivity contribution in [2.75, 3.05) is 0 Å². The van der Waals surface area contributed by atoms with Crippen LogP contribution in [-0.2, 0) is 0 Å². The van der Waals surface area contributed by atoms with Gasteiger partial charge in [0.15, 0.2) is 6.17 Å². The summed E-state index contributed by atoms with van der Waals surface area (Å²) in [5, 5.41) is 0. The Bertz CT molecular complexity index is 337. The van der Waals surface area contributed by atoms with E-state index in [1.807, 2.05) is 0 Å². The average molecular weight is 382 g/mol. The fourth-order valence-corrected chi connectivity index (χ4v) is 2.42. The Hall–Kier alpha value is 0.457. The monoisotopic (exact) mass is 380 g/mol. The van der Waals surface area contributed by atoms with E-state index < -0.39 is 35.5 Å². The van der Waals surface area contributed by atoms with Crippen LogP contribution in [0.2, 0.25) is 0 Å². The van der Waals surface area contributed by atoms with Crippen molar-refractivity contribution in [2.24, 2.45) is 0 Å². The summed E-state index contributed by atoms with van der Waals surface area (Å²) < 4.78 is 115. The number of halogens is 12. The van der Waals surface area contributed by atoms with Crippen molar-refractivity contribution in [3.8, 4) is 0 Å². The lowest BCUT2D eigenvalue weighted by molar-refractivity contribution is -0.358. The molecule has 0 nitrogen and oxygen atoms in total. The Morgan fingerprint density at radius 2 is 1.11 bits per heavy atom. The molecule has 0 amide bonds. The summed E-state index contributed by atoms with van der Waals surface area (Å²) in [6, 6.07) is -5.85. The van der Waals surface area contributed by atoms with Crippen molar-refractivity contribution in [2.45, 2.75) is 36.4 Å². The molecule has 116 valence electrons. The first-order chi connectivity index (χ1) is 7.94.